The van der Waals surface area contributed by atoms with Crippen LogP contribution in [0, 0.1) is 12.7 Å². The molecule has 88 valence electrons. The molecule has 0 atom stereocenters. The van der Waals surface area contributed by atoms with Gasteiger partial charge in [0.25, 0.3) is 0 Å². The van der Waals surface area contributed by atoms with Gasteiger partial charge in [-0.3, -0.25) is 0 Å². The molecule has 2 rings (SSSR count). The highest BCUT2D eigenvalue weighted by atomic mass is 35.5. The number of nitrogens with two attached hydrogens (primary N) is 1. The number of rotatable bonds is 2. The summed E-state index contributed by atoms with van der Waals surface area (Å²) in [6.07, 6.45) is 0. The monoisotopic (exact) mass is 251 g/mol. The molecule has 0 aliphatic rings. The Morgan fingerprint density at radius 3 is 2.65 bits per heavy atom. The lowest BCUT2D eigenvalue weighted by atomic mass is 10.2. The molecule has 0 radical (unpaired) electrons. The zero-order valence-corrected chi connectivity index (χ0v) is 9.96. The largest absolute Gasteiger partial charge is 0.452 e. The van der Waals surface area contributed by atoms with Gasteiger partial charge in [0.2, 0.25) is 0 Å². The first-order chi connectivity index (χ1) is 8.06. The molecule has 0 saturated heterocycles. The summed E-state index contributed by atoms with van der Waals surface area (Å²) in [4.78, 5) is 0. The molecule has 0 saturated carbocycles. The van der Waals surface area contributed by atoms with Gasteiger partial charge in [0.05, 0.1) is 5.69 Å². The van der Waals surface area contributed by atoms with E-state index in [2.05, 4.69) is 0 Å². The number of hydrogen-bond donors (Lipinski definition) is 1. The molecular weight excluding hydrogens is 241 g/mol. The first kappa shape index (κ1) is 11.7. The van der Waals surface area contributed by atoms with Crippen LogP contribution in [0.25, 0.3) is 0 Å². The van der Waals surface area contributed by atoms with Gasteiger partial charge in [-0.05, 0) is 36.8 Å². The van der Waals surface area contributed by atoms with Crippen molar-refractivity contribution >= 4 is 17.3 Å². The summed E-state index contributed by atoms with van der Waals surface area (Å²) in [7, 11) is 0. The van der Waals surface area contributed by atoms with E-state index in [1.807, 2.05) is 6.92 Å². The molecule has 0 bridgehead atoms. The molecule has 17 heavy (non-hydrogen) atoms. The second kappa shape index (κ2) is 4.63. The van der Waals surface area contributed by atoms with Crippen molar-refractivity contribution in [3.05, 3.63) is 52.8 Å². The highest BCUT2D eigenvalue weighted by molar-refractivity contribution is 6.30. The van der Waals surface area contributed by atoms with Crippen LogP contribution in [0.1, 0.15) is 5.56 Å². The van der Waals surface area contributed by atoms with E-state index in [-0.39, 0.29) is 5.75 Å². The Kier molecular flexibility index (Phi) is 3.20. The predicted octanol–water partition coefficient (Wildman–Crippen LogP) is 4.16. The molecular formula is C13H11ClFNO. The average molecular weight is 252 g/mol. The van der Waals surface area contributed by atoms with Crippen LogP contribution in [-0.4, -0.2) is 0 Å². The Hall–Kier alpha value is -1.74. The van der Waals surface area contributed by atoms with E-state index in [1.54, 1.807) is 30.3 Å². The van der Waals surface area contributed by atoms with Crippen molar-refractivity contribution in [1.82, 2.24) is 0 Å². The van der Waals surface area contributed by atoms with Crippen molar-refractivity contribution < 1.29 is 9.13 Å². The Labute approximate surface area is 104 Å². The van der Waals surface area contributed by atoms with Crippen LogP contribution < -0.4 is 10.5 Å². The molecule has 0 aromatic heterocycles. The number of anilines is 1. The fraction of sp³-hybridized carbons (Fsp3) is 0.0769. The van der Waals surface area contributed by atoms with Crippen molar-refractivity contribution in [3.8, 4) is 11.5 Å². The van der Waals surface area contributed by atoms with Crippen molar-refractivity contribution in [2.75, 3.05) is 5.73 Å². The van der Waals surface area contributed by atoms with Crippen LogP contribution in [0.3, 0.4) is 0 Å². The first-order valence-corrected chi connectivity index (χ1v) is 5.43. The van der Waals surface area contributed by atoms with Gasteiger partial charge in [0.1, 0.15) is 0 Å². The second-order valence-corrected chi connectivity index (χ2v) is 4.15. The summed E-state index contributed by atoms with van der Waals surface area (Å²) in [5.74, 6) is 0.0518. The fourth-order valence-electron chi connectivity index (χ4n) is 1.40. The van der Waals surface area contributed by atoms with Gasteiger partial charge >= 0.3 is 0 Å². The summed E-state index contributed by atoms with van der Waals surface area (Å²) in [5.41, 5.74) is 7.04. The van der Waals surface area contributed by atoms with Crippen molar-refractivity contribution in [2.24, 2.45) is 0 Å². The second-order valence-electron chi connectivity index (χ2n) is 3.72. The molecule has 0 amide bonds. The van der Waals surface area contributed by atoms with E-state index in [1.165, 1.54) is 6.07 Å². The topological polar surface area (TPSA) is 35.2 Å². The Bertz CT molecular complexity index is 508. The lowest BCUT2D eigenvalue weighted by Crippen LogP contribution is -1.94. The zero-order valence-electron chi connectivity index (χ0n) is 9.21. The quantitative estimate of drug-likeness (QED) is 0.814. The molecule has 0 aliphatic heterocycles. The third-order valence-electron chi connectivity index (χ3n) is 2.28. The molecule has 0 aliphatic carbocycles. The first-order valence-electron chi connectivity index (χ1n) is 5.05. The lowest BCUT2D eigenvalue weighted by Gasteiger charge is -2.10. The van der Waals surface area contributed by atoms with Crippen molar-refractivity contribution in [2.45, 2.75) is 6.92 Å². The predicted molar refractivity (Wildman–Crippen MR) is 67.1 cm³/mol. The van der Waals surface area contributed by atoms with E-state index < -0.39 is 5.82 Å². The van der Waals surface area contributed by atoms with Crippen LogP contribution in [-0.2, 0) is 0 Å². The molecule has 2 aromatic carbocycles. The van der Waals surface area contributed by atoms with Gasteiger partial charge in [-0.25, -0.2) is 4.39 Å². The van der Waals surface area contributed by atoms with E-state index >= 15 is 0 Å². The SMILES string of the molecule is Cc1ccc(F)c(Oc2cc(Cl)ccc2N)c1. The van der Waals surface area contributed by atoms with Crippen LogP contribution in [0.2, 0.25) is 5.02 Å². The fourth-order valence-corrected chi connectivity index (χ4v) is 1.57. The van der Waals surface area contributed by atoms with Gasteiger partial charge in [0, 0.05) is 11.1 Å². The summed E-state index contributed by atoms with van der Waals surface area (Å²) in [6.45, 7) is 1.85. The van der Waals surface area contributed by atoms with Gasteiger partial charge in [-0.2, -0.15) is 0 Å². The van der Waals surface area contributed by atoms with Crippen LogP contribution in [0.4, 0.5) is 10.1 Å². The Morgan fingerprint density at radius 1 is 1.12 bits per heavy atom. The molecule has 0 fully saturated rings. The maximum atomic E-state index is 13.5. The molecule has 0 heterocycles. The summed E-state index contributed by atoms with van der Waals surface area (Å²) in [5, 5.41) is 0.488. The van der Waals surface area contributed by atoms with E-state index in [0.717, 1.165) is 5.56 Å². The lowest BCUT2D eigenvalue weighted by molar-refractivity contribution is 0.443. The number of ether oxygens (including phenoxy) is 1. The minimum atomic E-state index is -0.435. The summed E-state index contributed by atoms with van der Waals surface area (Å²) < 4.78 is 18.9. The normalized spacial score (nSPS) is 10.3. The molecule has 2 nitrogen and oxygen atoms in total. The smallest absolute Gasteiger partial charge is 0.165 e. The number of nitrogen functional groups attached to an aromatic ring is 1. The minimum absolute atomic E-state index is 0.138. The zero-order chi connectivity index (χ0) is 12.4. The Balaban J connectivity index is 2.37. The maximum absolute atomic E-state index is 13.5. The maximum Gasteiger partial charge on any atom is 0.165 e. The van der Waals surface area contributed by atoms with Gasteiger partial charge in [0.15, 0.2) is 17.3 Å². The highest BCUT2D eigenvalue weighted by Crippen LogP contribution is 2.31. The highest BCUT2D eigenvalue weighted by Gasteiger charge is 2.08. The van der Waals surface area contributed by atoms with E-state index in [0.29, 0.717) is 16.5 Å². The van der Waals surface area contributed by atoms with Crippen LogP contribution in [0.5, 0.6) is 11.5 Å². The number of aryl methyl sites for hydroxylation is 1. The van der Waals surface area contributed by atoms with Crippen LogP contribution >= 0.6 is 11.6 Å². The molecule has 0 unspecified atom stereocenters. The third-order valence-corrected chi connectivity index (χ3v) is 2.52. The average Bonchev–Trinajstić information content (AvgIpc) is 2.28. The van der Waals surface area contributed by atoms with Gasteiger partial charge in [-0.1, -0.05) is 17.7 Å². The third kappa shape index (κ3) is 2.68. The molecule has 0 spiro atoms. The van der Waals surface area contributed by atoms with Gasteiger partial charge in [-0.15, -0.1) is 0 Å². The van der Waals surface area contributed by atoms with Crippen LogP contribution in [0.15, 0.2) is 36.4 Å². The van der Waals surface area contributed by atoms with Gasteiger partial charge < -0.3 is 10.5 Å². The standard InChI is InChI=1S/C13H11ClFNO/c1-8-2-4-10(15)12(6-8)17-13-7-9(14)3-5-11(13)16/h2-7H,16H2,1H3. The summed E-state index contributed by atoms with van der Waals surface area (Å²) in [6, 6.07) is 9.45. The van der Waals surface area contributed by atoms with Crippen molar-refractivity contribution in [1.29, 1.82) is 0 Å². The number of benzene rings is 2. The van der Waals surface area contributed by atoms with E-state index in [4.69, 9.17) is 22.1 Å². The number of hydrogen-bond acceptors (Lipinski definition) is 2. The molecule has 4 heteroatoms. The van der Waals surface area contributed by atoms with Crippen molar-refractivity contribution in [3.63, 3.8) is 0 Å². The summed E-state index contributed by atoms with van der Waals surface area (Å²) >= 11 is 5.82. The number of halogens is 2. The molecule has 2 aromatic rings. The minimum Gasteiger partial charge on any atom is -0.452 e. The molecule has 2 N–H and O–H groups in total. The Morgan fingerprint density at radius 2 is 1.88 bits per heavy atom. The van der Waals surface area contributed by atoms with E-state index in [9.17, 15) is 4.39 Å².